The van der Waals surface area contributed by atoms with Crippen molar-refractivity contribution < 1.29 is 9.63 Å². The highest BCUT2D eigenvalue weighted by Gasteiger charge is 2.12. The van der Waals surface area contributed by atoms with Gasteiger partial charge in [-0.05, 0) is 25.3 Å². The molecule has 19 heavy (non-hydrogen) atoms. The minimum atomic E-state index is -0.0689. The Morgan fingerprint density at radius 1 is 1.26 bits per heavy atom. The van der Waals surface area contributed by atoms with Gasteiger partial charge in [-0.1, -0.05) is 43.7 Å². The number of benzene rings is 1. The number of hydroxylamine groups is 1. The Bertz CT molecular complexity index is 366. The molecule has 1 aromatic rings. The highest BCUT2D eigenvalue weighted by Crippen LogP contribution is 2.09. The van der Waals surface area contributed by atoms with E-state index in [9.17, 15) is 4.79 Å². The molecule has 2 unspecified atom stereocenters. The second-order valence-electron chi connectivity index (χ2n) is 5.05. The van der Waals surface area contributed by atoms with Gasteiger partial charge in [-0.3, -0.25) is 9.63 Å². The predicted molar refractivity (Wildman–Crippen MR) is 76.0 cm³/mol. The van der Waals surface area contributed by atoms with Gasteiger partial charge < -0.3 is 5.73 Å². The number of nitrogens with two attached hydrogens (primary N) is 1. The third-order valence-corrected chi connectivity index (χ3v) is 3.00. The predicted octanol–water partition coefficient (Wildman–Crippen LogP) is 2.39. The summed E-state index contributed by atoms with van der Waals surface area (Å²) in [4.78, 5) is 16.9. The van der Waals surface area contributed by atoms with Crippen LogP contribution < -0.4 is 11.2 Å². The molecule has 0 aliphatic carbocycles. The lowest BCUT2D eigenvalue weighted by Gasteiger charge is -2.12. The summed E-state index contributed by atoms with van der Waals surface area (Å²) in [6.07, 6.45) is 2.75. The molecule has 3 N–H and O–H groups in total. The van der Waals surface area contributed by atoms with E-state index in [-0.39, 0.29) is 17.9 Å². The summed E-state index contributed by atoms with van der Waals surface area (Å²) in [6.45, 7) is 4.27. The van der Waals surface area contributed by atoms with E-state index in [2.05, 4.69) is 5.48 Å². The molecule has 0 saturated carbocycles. The van der Waals surface area contributed by atoms with E-state index in [0.29, 0.717) is 6.61 Å². The normalized spacial score (nSPS) is 13.8. The monoisotopic (exact) mass is 264 g/mol. The lowest BCUT2D eigenvalue weighted by Crippen LogP contribution is -2.29. The largest absolute Gasteiger partial charge is 0.328 e. The van der Waals surface area contributed by atoms with Crippen LogP contribution in [0.25, 0.3) is 0 Å². The summed E-state index contributed by atoms with van der Waals surface area (Å²) < 4.78 is 0. The number of hydrogen-bond donors (Lipinski definition) is 2. The molecule has 4 heteroatoms. The standard InChI is InChI=1S/C15H24N2O2/c1-12(7-6-8-13(2)16)15(18)17-19-11-14-9-4-3-5-10-14/h3-5,9-10,12-13H,6-8,11,16H2,1-2H3,(H,17,18). The van der Waals surface area contributed by atoms with E-state index < -0.39 is 0 Å². The average molecular weight is 264 g/mol. The van der Waals surface area contributed by atoms with Crippen molar-refractivity contribution in [2.24, 2.45) is 11.7 Å². The Morgan fingerprint density at radius 2 is 1.95 bits per heavy atom. The molecule has 1 aromatic carbocycles. The van der Waals surface area contributed by atoms with Crippen molar-refractivity contribution in [3.63, 3.8) is 0 Å². The number of rotatable bonds is 8. The zero-order valence-electron chi connectivity index (χ0n) is 11.8. The lowest BCUT2D eigenvalue weighted by molar-refractivity contribution is -0.138. The van der Waals surface area contributed by atoms with Crippen LogP contribution in [0.4, 0.5) is 0 Å². The third kappa shape index (κ3) is 6.94. The Morgan fingerprint density at radius 3 is 2.58 bits per heavy atom. The number of nitrogens with one attached hydrogen (secondary N) is 1. The molecular weight excluding hydrogens is 240 g/mol. The van der Waals surface area contributed by atoms with Crippen LogP contribution in [-0.2, 0) is 16.2 Å². The van der Waals surface area contributed by atoms with Crippen LogP contribution in [0.1, 0.15) is 38.7 Å². The summed E-state index contributed by atoms with van der Waals surface area (Å²) in [5.41, 5.74) is 9.21. The first kappa shape index (κ1) is 15.7. The number of carbonyl (C=O) groups excluding carboxylic acids is 1. The molecule has 0 radical (unpaired) electrons. The Balaban J connectivity index is 2.16. The molecule has 1 rings (SSSR count). The van der Waals surface area contributed by atoms with Crippen molar-refractivity contribution in [3.8, 4) is 0 Å². The topological polar surface area (TPSA) is 64.4 Å². The fourth-order valence-corrected chi connectivity index (χ4v) is 1.74. The molecule has 0 fully saturated rings. The first-order chi connectivity index (χ1) is 9.09. The van der Waals surface area contributed by atoms with E-state index in [0.717, 1.165) is 24.8 Å². The van der Waals surface area contributed by atoms with Gasteiger partial charge in [0.25, 0.3) is 0 Å². The Hall–Kier alpha value is -1.39. The second-order valence-corrected chi connectivity index (χ2v) is 5.05. The molecular formula is C15H24N2O2. The van der Waals surface area contributed by atoms with Crippen LogP contribution >= 0.6 is 0 Å². The average Bonchev–Trinajstić information content (AvgIpc) is 2.39. The van der Waals surface area contributed by atoms with Gasteiger partial charge >= 0.3 is 0 Å². The maximum atomic E-state index is 11.7. The summed E-state index contributed by atoms with van der Waals surface area (Å²) in [5.74, 6) is -0.116. The fraction of sp³-hybridized carbons (Fsp3) is 0.533. The zero-order valence-corrected chi connectivity index (χ0v) is 11.8. The van der Waals surface area contributed by atoms with Crippen molar-refractivity contribution in [1.82, 2.24) is 5.48 Å². The molecule has 2 atom stereocenters. The van der Waals surface area contributed by atoms with Crippen molar-refractivity contribution >= 4 is 5.91 Å². The van der Waals surface area contributed by atoms with Crippen LogP contribution in [0.2, 0.25) is 0 Å². The van der Waals surface area contributed by atoms with Crippen LogP contribution in [0, 0.1) is 5.92 Å². The van der Waals surface area contributed by atoms with E-state index in [4.69, 9.17) is 10.6 Å². The van der Waals surface area contributed by atoms with E-state index in [1.807, 2.05) is 44.2 Å². The fourth-order valence-electron chi connectivity index (χ4n) is 1.74. The van der Waals surface area contributed by atoms with Gasteiger partial charge in [-0.2, -0.15) is 0 Å². The highest BCUT2D eigenvalue weighted by molar-refractivity contribution is 5.77. The highest BCUT2D eigenvalue weighted by atomic mass is 16.6. The molecule has 0 bridgehead atoms. The van der Waals surface area contributed by atoms with Crippen molar-refractivity contribution in [1.29, 1.82) is 0 Å². The summed E-state index contributed by atoms with van der Waals surface area (Å²) >= 11 is 0. The van der Waals surface area contributed by atoms with E-state index >= 15 is 0 Å². The molecule has 0 aliphatic heterocycles. The SMILES string of the molecule is CC(N)CCCC(C)C(=O)NOCc1ccccc1. The van der Waals surface area contributed by atoms with Crippen molar-refractivity contribution in [3.05, 3.63) is 35.9 Å². The smallest absolute Gasteiger partial charge is 0.246 e. The van der Waals surface area contributed by atoms with Crippen LogP contribution in [0.3, 0.4) is 0 Å². The van der Waals surface area contributed by atoms with Crippen molar-refractivity contribution in [2.45, 2.75) is 45.8 Å². The molecule has 0 aromatic heterocycles. The second kappa shape index (κ2) is 8.67. The minimum Gasteiger partial charge on any atom is -0.328 e. The summed E-state index contributed by atoms with van der Waals surface area (Å²) in [6, 6.07) is 9.94. The van der Waals surface area contributed by atoms with Crippen molar-refractivity contribution in [2.75, 3.05) is 0 Å². The van der Waals surface area contributed by atoms with Gasteiger partial charge in [-0.25, -0.2) is 5.48 Å². The maximum Gasteiger partial charge on any atom is 0.246 e. The van der Waals surface area contributed by atoms with E-state index in [1.54, 1.807) is 0 Å². The van der Waals surface area contributed by atoms with Crippen LogP contribution in [-0.4, -0.2) is 11.9 Å². The Kier molecular flexibility index (Phi) is 7.15. The molecule has 0 saturated heterocycles. The number of hydrogen-bond acceptors (Lipinski definition) is 3. The summed E-state index contributed by atoms with van der Waals surface area (Å²) in [5, 5.41) is 0. The quantitative estimate of drug-likeness (QED) is 0.709. The lowest BCUT2D eigenvalue weighted by atomic mass is 10.0. The van der Waals surface area contributed by atoms with Gasteiger partial charge in [0.1, 0.15) is 0 Å². The molecule has 1 amide bonds. The maximum absolute atomic E-state index is 11.7. The summed E-state index contributed by atoms with van der Waals surface area (Å²) in [7, 11) is 0. The van der Waals surface area contributed by atoms with Crippen LogP contribution in [0.15, 0.2) is 30.3 Å². The van der Waals surface area contributed by atoms with Gasteiger partial charge in [-0.15, -0.1) is 0 Å². The Labute approximate surface area is 115 Å². The van der Waals surface area contributed by atoms with Gasteiger partial charge in [0.15, 0.2) is 0 Å². The van der Waals surface area contributed by atoms with E-state index in [1.165, 1.54) is 0 Å². The molecule has 0 aliphatic rings. The first-order valence-corrected chi connectivity index (χ1v) is 6.80. The minimum absolute atomic E-state index is 0.0467. The van der Waals surface area contributed by atoms with Gasteiger partial charge in [0.05, 0.1) is 6.61 Å². The third-order valence-electron chi connectivity index (χ3n) is 3.00. The zero-order chi connectivity index (χ0) is 14.1. The van der Waals surface area contributed by atoms with Gasteiger partial charge in [0, 0.05) is 12.0 Å². The number of amides is 1. The molecule has 106 valence electrons. The molecule has 4 nitrogen and oxygen atoms in total. The van der Waals surface area contributed by atoms with Crippen LogP contribution in [0.5, 0.6) is 0 Å². The molecule has 0 spiro atoms. The first-order valence-electron chi connectivity index (χ1n) is 6.80. The number of carbonyl (C=O) groups is 1. The molecule has 0 heterocycles. The van der Waals surface area contributed by atoms with Gasteiger partial charge in [0.2, 0.25) is 5.91 Å².